The fraction of sp³-hybridized carbons (Fsp3) is 0.191. The number of nitrogens with two attached hydrogens (primary N) is 1. The Morgan fingerprint density at radius 2 is 0.909 bits per heavy atom. The van der Waals surface area contributed by atoms with Gasteiger partial charge in [-0.05, 0) is 122 Å². The maximum Gasteiger partial charge on any atom is 0.238 e. The molecule has 6 aromatic carbocycles. The normalized spacial score (nSPS) is 11.2. The van der Waals surface area contributed by atoms with Crippen LogP contribution in [0.1, 0.15) is 34.2 Å². The highest BCUT2D eigenvalue weighted by Crippen LogP contribution is 2.41. The number of benzene rings is 6. The van der Waals surface area contributed by atoms with Crippen molar-refractivity contribution in [2.45, 2.75) is 11.3 Å². The molecule has 55 heavy (non-hydrogen) atoms. The first-order valence-corrected chi connectivity index (χ1v) is 19.9. The molecule has 0 bridgehead atoms. The first kappa shape index (κ1) is 38.9. The standard InChI is InChI=1S/C47H51N5O2S/c1-49(2)38-21-13-33(14-22-38)43(34-15-23-39(24-16-34)50(3)4)29-30-45(46-32-42(55(48,53)54)31-37-11-9-10-12-44(37)46)47(35-17-25-40(26-18-35)51(5)6)36-19-27-41(28-20-36)52(7)8/h9-29,31-32H,30H2,1-8H3,(H2,48,53,54). The molecule has 0 amide bonds. The molecule has 2 N–H and O–H groups in total. The number of hydrogen-bond donors (Lipinski definition) is 1. The van der Waals surface area contributed by atoms with Crippen LogP contribution in [0.3, 0.4) is 0 Å². The Kier molecular flexibility index (Phi) is 11.5. The molecule has 282 valence electrons. The van der Waals surface area contributed by atoms with Gasteiger partial charge in [-0.25, -0.2) is 13.6 Å². The van der Waals surface area contributed by atoms with Gasteiger partial charge < -0.3 is 19.6 Å². The molecule has 0 aromatic heterocycles. The summed E-state index contributed by atoms with van der Waals surface area (Å²) in [4.78, 5) is 8.44. The maximum atomic E-state index is 13.1. The van der Waals surface area contributed by atoms with E-state index >= 15 is 0 Å². The summed E-state index contributed by atoms with van der Waals surface area (Å²) >= 11 is 0. The van der Waals surface area contributed by atoms with Crippen LogP contribution in [0, 0.1) is 0 Å². The molecule has 0 fully saturated rings. The largest absolute Gasteiger partial charge is 0.378 e. The SMILES string of the molecule is CN(C)c1ccc(C(=CCC(=C(c2ccc(N(C)C)cc2)c2ccc(N(C)C)cc2)c2cc(S(N)(=O)=O)cc3ccccc23)c2ccc(N(C)C)cc2)cc1. The number of sulfonamides is 1. The van der Waals surface area contributed by atoms with E-state index < -0.39 is 10.0 Å². The Morgan fingerprint density at radius 1 is 0.527 bits per heavy atom. The first-order chi connectivity index (χ1) is 26.2. The summed E-state index contributed by atoms with van der Waals surface area (Å²) in [6, 6.07) is 45.7. The topological polar surface area (TPSA) is 73.1 Å². The Balaban J connectivity index is 1.70. The van der Waals surface area contributed by atoms with E-state index in [1.807, 2.05) is 74.6 Å². The number of rotatable bonds is 12. The van der Waals surface area contributed by atoms with Crippen LogP contribution in [0.5, 0.6) is 0 Å². The summed E-state index contributed by atoms with van der Waals surface area (Å²) < 4.78 is 26.2. The van der Waals surface area contributed by atoms with Crippen LogP contribution >= 0.6 is 0 Å². The number of anilines is 4. The fourth-order valence-electron chi connectivity index (χ4n) is 6.90. The Labute approximate surface area is 327 Å². The zero-order valence-corrected chi connectivity index (χ0v) is 33.9. The summed E-state index contributed by atoms with van der Waals surface area (Å²) in [6.07, 6.45) is 2.77. The van der Waals surface area contributed by atoms with E-state index in [9.17, 15) is 8.42 Å². The average Bonchev–Trinajstić information content (AvgIpc) is 3.17. The van der Waals surface area contributed by atoms with Gasteiger partial charge in [-0.3, -0.25) is 0 Å². The second-order valence-electron chi connectivity index (χ2n) is 14.7. The van der Waals surface area contributed by atoms with Crippen LogP contribution in [-0.4, -0.2) is 64.8 Å². The van der Waals surface area contributed by atoms with E-state index in [4.69, 9.17) is 5.14 Å². The number of fused-ring (bicyclic) bond motifs is 1. The highest BCUT2D eigenvalue weighted by atomic mass is 32.2. The second kappa shape index (κ2) is 16.3. The third-order valence-corrected chi connectivity index (χ3v) is 10.9. The minimum atomic E-state index is -4.03. The lowest BCUT2D eigenvalue weighted by Crippen LogP contribution is -2.12. The minimum absolute atomic E-state index is 0.0757. The predicted octanol–water partition coefficient (Wildman–Crippen LogP) is 9.23. The van der Waals surface area contributed by atoms with E-state index in [2.05, 4.69) is 129 Å². The van der Waals surface area contributed by atoms with Crippen LogP contribution in [-0.2, 0) is 10.0 Å². The van der Waals surface area contributed by atoms with E-state index in [0.29, 0.717) is 6.42 Å². The van der Waals surface area contributed by atoms with Crippen molar-refractivity contribution >= 4 is 60.3 Å². The Bertz CT molecular complexity index is 2340. The summed E-state index contributed by atoms with van der Waals surface area (Å²) in [5.41, 5.74) is 12.5. The highest BCUT2D eigenvalue weighted by Gasteiger charge is 2.20. The lowest BCUT2D eigenvalue weighted by molar-refractivity contribution is 0.598. The molecule has 6 aromatic rings. The van der Waals surface area contributed by atoms with Gasteiger partial charge in [-0.2, -0.15) is 0 Å². The minimum Gasteiger partial charge on any atom is -0.378 e. The van der Waals surface area contributed by atoms with Gasteiger partial charge in [0.1, 0.15) is 0 Å². The first-order valence-electron chi connectivity index (χ1n) is 18.3. The molecule has 0 saturated carbocycles. The number of allylic oxidation sites excluding steroid dienone is 2. The molecule has 7 nitrogen and oxygen atoms in total. The van der Waals surface area contributed by atoms with Crippen molar-refractivity contribution in [2.75, 3.05) is 76.0 Å². The average molecular weight is 750 g/mol. The molecule has 0 aliphatic rings. The molecule has 0 saturated heterocycles. The van der Waals surface area contributed by atoms with E-state index in [-0.39, 0.29) is 4.90 Å². The smallest absolute Gasteiger partial charge is 0.238 e. The molecule has 0 spiro atoms. The second-order valence-corrected chi connectivity index (χ2v) is 16.2. The molecule has 0 aliphatic carbocycles. The van der Waals surface area contributed by atoms with Gasteiger partial charge in [0.15, 0.2) is 0 Å². The summed E-state index contributed by atoms with van der Waals surface area (Å²) in [5.74, 6) is 0. The van der Waals surface area contributed by atoms with Crippen LogP contribution in [0.2, 0.25) is 0 Å². The molecular formula is C47H51N5O2S. The molecule has 8 heteroatoms. The van der Waals surface area contributed by atoms with Crippen molar-refractivity contribution < 1.29 is 8.42 Å². The van der Waals surface area contributed by atoms with Gasteiger partial charge in [0.05, 0.1) is 4.90 Å². The van der Waals surface area contributed by atoms with E-state index in [1.165, 1.54) is 0 Å². The monoisotopic (exact) mass is 749 g/mol. The van der Waals surface area contributed by atoms with Gasteiger partial charge in [0, 0.05) is 79.1 Å². The third-order valence-electron chi connectivity index (χ3n) is 10.0. The maximum absolute atomic E-state index is 13.1. The molecule has 0 radical (unpaired) electrons. The molecular weight excluding hydrogens is 699 g/mol. The van der Waals surface area contributed by atoms with Gasteiger partial charge in [-0.15, -0.1) is 0 Å². The Morgan fingerprint density at radius 3 is 1.29 bits per heavy atom. The zero-order chi connectivity index (χ0) is 39.4. The van der Waals surface area contributed by atoms with Crippen molar-refractivity contribution in [3.63, 3.8) is 0 Å². The van der Waals surface area contributed by atoms with E-state index in [1.54, 1.807) is 12.1 Å². The van der Waals surface area contributed by atoms with Crippen molar-refractivity contribution in [1.29, 1.82) is 0 Å². The van der Waals surface area contributed by atoms with Crippen LogP contribution < -0.4 is 24.7 Å². The van der Waals surface area contributed by atoms with Gasteiger partial charge in [0.2, 0.25) is 10.0 Å². The van der Waals surface area contributed by atoms with Gasteiger partial charge in [-0.1, -0.05) is 78.9 Å². The zero-order valence-electron chi connectivity index (χ0n) is 33.1. The summed E-state index contributed by atoms with van der Waals surface area (Å²) in [7, 11) is 12.3. The Hall–Kier alpha value is -5.83. The number of hydrogen-bond acceptors (Lipinski definition) is 6. The van der Waals surface area contributed by atoms with Gasteiger partial charge in [0.25, 0.3) is 0 Å². The fourth-order valence-corrected chi connectivity index (χ4v) is 7.47. The molecule has 0 aliphatic heterocycles. The number of primary sulfonamides is 1. The lowest BCUT2D eigenvalue weighted by Gasteiger charge is -2.21. The number of nitrogens with zero attached hydrogens (tertiary/aromatic N) is 4. The van der Waals surface area contributed by atoms with Crippen LogP contribution in [0.4, 0.5) is 22.7 Å². The van der Waals surface area contributed by atoms with Crippen molar-refractivity contribution in [2.24, 2.45) is 5.14 Å². The highest BCUT2D eigenvalue weighted by molar-refractivity contribution is 7.89. The van der Waals surface area contributed by atoms with Crippen LogP contribution in [0.15, 0.2) is 144 Å². The lowest BCUT2D eigenvalue weighted by atomic mass is 9.84. The molecule has 0 atom stereocenters. The van der Waals surface area contributed by atoms with E-state index in [0.717, 1.165) is 78.1 Å². The van der Waals surface area contributed by atoms with Crippen molar-refractivity contribution in [3.05, 3.63) is 167 Å². The van der Waals surface area contributed by atoms with Gasteiger partial charge >= 0.3 is 0 Å². The summed E-state index contributed by atoms with van der Waals surface area (Å²) in [5, 5.41) is 7.62. The molecule has 0 unspecified atom stereocenters. The van der Waals surface area contributed by atoms with Crippen molar-refractivity contribution in [1.82, 2.24) is 0 Å². The molecule has 6 rings (SSSR count). The molecule has 0 heterocycles. The summed E-state index contributed by atoms with van der Waals surface area (Å²) in [6.45, 7) is 0. The predicted molar refractivity (Wildman–Crippen MR) is 236 cm³/mol. The third kappa shape index (κ3) is 8.78. The van der Waals surface area contributed by atoms with Crippen molar-refractivity contribution in [3.8, 4) is 0 Å². The quantitative estimate of drug-likeness (QED) is 0.126. The van der Waals surface area contributed by atoms with Crippen LogP contribution in [0.25, 0.3) is 27.5 Å².